The van der Waals surface area contributed by atoms with E-state index in [-0.39, 0.29) is 34.5 Å². The lowest BCUT2D eigenvalue weighted by atomic mass is 10.0. The lowest BCUT2D eigenvalue weighted by molar-refractivity contribution is -0.140. The van der Waals surface area contributed by atoms with Crippen LogP contribution in [0.25, 0.3) is 0 Å². The third-order valence-corrected chi connectivity index (χ3v) is 9.40. The Hall–Kier alpha value is -4.14. The van der Waals surface area contributed by atoms with Crippen molar-refractivity contribution in [1.82, 2.24) is 10.2 Å². The summed E-state index contributed by atoms with van der Waals surface area (Å²) >= 11 is 6.52. The molecular weight excluding hydrogens is 594 g/mol. The summed E-state index contributed by atoms with van der Waals surface area (Å²) in [4.78, 5) is 29.7. The molecule has 0 aliphatic carbocycles. The first-order valence-corrected chi connectivity index (χ1v) is 16.5. The van der Waals surface area contributed by atoms with Gasteiger partial charge in [0.15, 0.2) is 0 Å². The van der Waals surface area contributed by atoms with Crippen LogP contribution in [0.1, 0.15) is 36.5 Å². The number of benzene rings is 4. The van der Waals surface area contributed by atoms with Gasteiger partial charge in [0.25, 0.3) is 10.0 Å². The molecule has 230 valence electrons. The highest BCUT2D eigenvalue weighted by molar-refractivity contribution is 7.92. The normalized spacial score (nSPS) is 11.9. The molecule has 0 spiro atoms. The number of nitrogens with zero attached hydrogens (tertiary/aromatic N) is 2. The van der Waals surface area contributed by atoms with Crippen molar-refractivity contribution in [2.24, 2.45) is 0 Å². The summed E-state index contributed by atoms with van der Waals surface area (Å²) < 4.78 is 29.1. The number of carbonyl (C=O) groups is 2. The Morgan fingerprint density at radius 1 is 0.818 bits per heavy atom. The average Bonchev–Trinajstić information content (AvgIpc) is 3.03. The van der Waals surface area contributed by atoms with Gasteiger partial charge in [0.2, 0.25) is 11.8 Å². The molecule has 0 radical (unpaired) electrons. The maximum Gasteiger partial charge on any atom is 0.264 e. The summed E-state index contributed by atoms with van der Waals surface area (Å²) in [5.41, 5.74) is 2.93. The van der Waals surface area contributed by atoms with Crippen molar-refractivity contribution in [3.63, 3.8) is 0 Å². The molecule has 0 aromatic heterocycles. The zero-order chi connectivity index (χ0) is 31.5. The lowest BCUT2D eigenvalue weighted by Crippen LogP contribution is -2.53. The molecule has 0 saturated carbocycles. The molecule has 2 amide bonds. The van der Waals surface area contributed by atoms with Gasteiger partial charge in [0, 0.05) is 19.5 Å². The zero-order valence-corrected chi connectivity index (χ0v) is 26.6. The minimum Gasteiger partial charge on any atom is -0.354 e. The fourth-order valence-electron chi connectivity index (χ4n) is 4.84. The summed E-state index contributed by atoms with van der Waals surface area (Å²) in [7, 11) is -4.21. The topological polar surface area (TPSA) is 86.8 Å². The molecule has 9 heteroatoms. The molecule has 0 aliphatic heterocycles. The number of aryl methyl sites for hydroxylation is 1. The lowest BCUT2D eigenvalue weighted by Gasteiger charge is -2.34. The molecule has 7 nitrogen and oxygen atoms in total. The minimum absolute atomic E-state index is 0.0240. The quantitative estimate of drug-likeness (QED) is 0.163. The minimum atomic E-state index is -4.21. The van der Waals surface area contributed by atoms with E-state index in [0.717, 1.165) is 33.8 Å². The number of rotatable bonds is 14. The SMILES string of the molecule is CCCCNC(=O)[C@@H](Cc1ccccc1)N(Cc1ccc(C)cc1)C(=O)CN(c1ccccc1Cl)S(=O)(=O)c1ccccc1. The number of unbranched alkanes of at least 4 members (excludes halogenated alkanes) is 1. The van der Waals surface area contributed by atoms with Crippen LogP contribution in [0.15, 0.2) is 114 Å². The first kappa shape index (κ1) is 32.8. The molecule has 4 aromatic rings. The fraction of sp³-hybridized carbons (Fsp3) is 0.257. The van der Waals surface area contributed by atoms with E-state index in [4.69, 9.17) is 11.6 Å². The van der Waals surface area contributed by atoms with Crippen molar-refractivity contribution >= 4 is 39.1 Å². The number of anilines is 1. The third kappa shape index (κ3) is 8.49. The van der Waals surface area contributed by atoms with Crippen LogP contribution in [-0.4, -0.2) is 44.3 Å². The predicted molar refractivity (Wildman–Crippen MR) is 176 cm³/mol. The maximum atomic E-state index is 14.5. The van der Waals surface area contributed by atoms with E-state index >= 15 is 0 Å². The number of hydrogen-bond acceptors (Lipinski definition) is 4. The van der Waals surface area contributed by atoms with Crippen LogP contribution < -0.4 is 9.62 Å². The Morgan fingerprint density at radius 3 is 2.07 bits per heavy atom. The van der Waals surface area contributed by atoms with E-state index in [1.54, 1.807) is 42.5 Å². The summed E-state index contributed by atoms with van der Waals surface area (Å²) in [6.45, 7) is 4.04. The summed E-state index contributed by atoms with van der Waals surface area (Å²) in [5, 5.41) is 3.18. The second-order valence-electron chi connectivity index (χ2n) is 10.6. The van der Waals surface area contributed by atoms with Crippen LogP contribution in [0, 0.1) is 6.92 Å². The van der Waals surface area contributed by atoms with Crippen molar-refractivity contribution in [1.29, 1.82) is 0 Å². The second kappa shape index (κ2) is 15.5. The van der Waals surface area contributed by atoms with Gasteiger partial charge in [-0.25, -0.2) is 8.42 Å². The highest BCUT2D eigenvalue weighted by Gasteiger charge is 2.35. The summed E-state index contributed by atoms with van der Waals surface area (Å²) in [5.74, 6) is -0.824. The van der Waals surface area contributed by atoms with E-state index in [0.29, 0.717) is 6.54 Å². The molecule has 0 aliphatic rings. The first-order chi connectivity index (χ1) is 21.2. The molecule has 4 aromatic carbocycles. The molecule has 1 atom stereocenters. The number of sulfonamides is 1. The Morgan fingerprint density at radius 2 is 1.43 bits per heavy atom. The van der Waals surface area contributed by atoms with Crippen molar-refractivity contribution in [2.75, 3.05) is 17.4 Å². The van der Waals surface area contributed by atoms with Gasteiger partial charge in [-0.3, -0.25) is 13.9 Å². The molecule has 44 heavy (non-hydrogen) atoms. The van der Waals surface area contributed by atoms with Gasteiger partial charge in [-0.05, 0) is 48.7 Å². The number of amides is 2. The van der Waals surface area contributed by atoms with Crippen molar-refractivity contribution in [2.45, 2.75) is 50.6 Å². The Labute approximate surface area is 265 Å². The van der Waals surface area contributed by atoms with E-state index < -0.39 is 28.5 Å². The molecular formula is C35H38ClN3O4S. The van der Waals surface area contributed by atoms with Gasteiger partial charge in [-0.1, -0.05) is 115 Å². The molecule has 0 unspecified atom stereocenters. The number of halogens is 1. The summed E-state index contributed by atoms with van der Waals surface area (Å²) in [6, 6.07) is 30.8. The van der Waals surface area contributed by atoms with Gasteiger partial charge >= 0.3 is 0 Å². The smallest absolute Gasteiger partial charge is 0.264 e. The van der Waals surface area contributed by atoms with Gasteiger partial charge in [-0.2, -0.15) is 0 Å². The fourth-order valence-corrected chi connectivity index (χ4v) is 6.58. The molecule has 0 fully saturated rings. The highest BCUT2D eigenvalue weighted by Crippen LogP contribution is 2.31. The van der Waals surface area contributed by atoms with Crippen LogP contribution >= 0.6 is 11.6 Å². The molecule has 0 heterocycles. The number of carbonyl (C=O) groups excluding carboxylic acids is 2. The van der Waals surface area contributed by atoms with Crippen molar-refractivity contribution in [3.8, 4) is 0 Å². The van der Waals surface area contributed by atoms with Gasteiger partial charge in [0.1, 0.15) is 12.6 Å². The Bertz CT molecular complexity index is 1630. The standard InChI is InChI=1S/C35H38ClN3O4S/c1-3-4-23-37-35(41)33(24-28-13-7-5-8-14-28)38(25-29-21-19-27(2)20-22-29)34(40)26-39(32-18-12-11-17-31(32)36)44(42,43)30-15-9-6-10-16-30/h5-22,33H,3-4,23-26H2,1-2H3,(H,37,41)/t33-/m1/s1. The molecule has 1 N–H and O–H groups in total. The number of para-hydroxylation sites is 1. The Balaban J connectivity index is 1.78. The number of hydrogen-bond donors (Lipinski definition) is 1. The van der Waals surface area contributed by atoms with Gasteiger partial charge in [0.05, 0.1) is 15.6 Å². The van der Waals surface area contributed by atoms with E-state index in [9.17, 15) is 18.0 Å². The third-order valence-electron chi connectivity index (χ3n) is 7.31. The first-order valence-electron chi connectivity index (χ1n) is 14.7. The van der Waals surface area contributed by atoms with Crippen LogP contribution in [0.4, 0.5) is 5.69 Å². The maximum absolute atomic E-state index is 14.5. The van der Waals surface area contributed by atoms with Gasteiger partial charge in [-0.15, -0.1) is 0 Å². The van der Waals surface area contributed by atoms with E-state index in [1.165, 1.54) is 17.0 Å². The van der Waals surface area contributed by atoms with E-state index in [1.807, 2.05) is 68.4 Å². The van der Waals surface area contributed by atoms with Crippen LogP contribution in [0.5, 0.6) is 0 Å². The monoisotopic (exact) mass is 631 g/mol. The van der Waals surface area contributed by atoms with Crippen LogP contribution in [0.3, 0.4) is 0 Å². The van der Waals surface area contributed by atoms with Crippen molar-refractivity contribution < 1.29 is 18.0 Å². The van der Waals surface area contributed by atoms with Gasteiger partial charge < -0.3 is 10.2 Å². The predicted octanol–water partition coefficient (Wildman–Crippen LogP) is 6.40. The highest BCUT2D eigenvalue weighted by atomic mass is 35.5. The van der Waals surface area contributed by atoms with Crippen LogP contribution in [-0.2, 0) is 32.6 Å². The van der Waals surface area contributed by atoms with Crippen molar-refractivity contribution in [3.05, 3.63) is 131 Å². The number of nitrogens with one attached hydrogen (secondary N) is 1. The van der Waals surface area contributed by atoms with Crippen LogP contribution in [0.2, 0.25) is 5.02 Å². The Kier molecular flexibility index (Phi) is 11.6. The average molecular weight is 632 g/mol. The molecule has 4 rings (SSSR count). The van der Waals surface area contributed by atoms with E-state index in [2.05, 4.69) is 5.32 Å². The second-order valence-corrected chi connectivity index (χ2v) is 12.9. The largest absolute Gasteiger partial charge is 0.354 e. The zero-order valence-electron chi connectivity index (χ0n) is 25.0. The summed E-state index contributed by atoms with van der Waals surface area (Å²) in [6.07, 6.45) is 1.96. The molecule has 0 saturated heterocycles. The molecule has 0 bridgehead atoms.